The second-order valence-corrected chi connectivity index (χ2v) is 7.25. The number of hydrogen-bond acceptors (Lipinski definition) is 4. The quantitative estimate of drug-likeness (QED) is 0.762. The number of benzene rings is 2. The summed E-state index contributed by atoms with van der Waals surface area (Å²) in [6.07, 6.45) is 1.01. The lowest BCUT2D eigenvalue weighted by Crippen LogP contribution is -2.53. The number of amides is 1. The van der Waals surface area contributed by atoms with Gasteiger partial charge in [-0.2, -0.15) is 0 Å². The number of carbonyl (C=O) groups is 1. The van der Waals surface area contributed by atoms with Gasteiger partial charge in [0.15, 0.2) is 0 Å². The Morgan fingerprint density at radius 2 is 1.71 bits per heavy atom. The van der Waals surface area contributed by atoms with Gasteiger partial charge >= 0.3 is 0 Å². The van der Waals surface area contributed by atoms with Gasteiger partial charge in [0.1, 0.15) is 12.4 Å². The van der Waals surface area contributed by atoms with Gasteiger partial charge in [-0.1, -0.05) is 37.3 Å². The largest absolute Gasteiger partial charge is 0.492 e. The second-order valence-electron chi connectivity index (χ2n) is 7.25. The van der Waals surface area contributed by atoms with Crippen molar-refractivity contribution >= 4 is 11.6 Å². The SMILES string of the molecule is CCc1ccc(NC(=O)[C@H](C)N2CCN(CCOc3ccccc3)CC2)cc1. The molecule has 1 fully saturated rings. The van der Waals surface area contributed by atoms with Crippen LogP contribution in [-0.2, 0) is 11.2 Å². The van der Waals surface area contributed by atoms with Gasteiger partial charge < -0.3 is 10.1 Å². The number of nitrogens with one attached hydrogen (secondary N) is 1. The normalized spacial score (nSPS) is 16.5. The lowest BCUT2D eigenvalue weighted by atomic mass is 10.1. The molecule has 1 saturated heterocycles. The predicted octanol–water partition coefficient (Wildman–Crippen LogP) is 3.27. The number of para-hydroxylation sites is 1. The summed E-state index contributed by atoms with van der Waals surface area (Å²) in [6, 6.07) is 17.9. The maximum Gasteiger partial charge on any atom is 0.241 e. The van der Waals surface area contributed by atoms with Crippen LogP contribution in [0.4, 0.5) is 5.69 Å². The predicted molar refractivity (Wildman–Crippen MR) is 114 cm³/mol. The summed E-state index contributed by atoms with van der Waals surface area (Å²) in [5.74, 6) is 0.975. The maximum absolute atomic E-state index is 12.6. The molecule has 0 saturated carbocycles. The van der Waals surface area contributed by atoms with E-state index in [0.29, 0.717) is 6.61 Å². The second kappa shape index (κ2) is 10.2. The van der Waals surface area contributed by atoms with Crippen molar-refractivity contribution in [2.75, 3.05) is 44.6 Å². The minimum Gasteiger partial charge on any atom is -0.492 e. The molecule has 0 bridgehead atoms. The molecule has 150 valence electrons. The van der Waals surface area contributed by atoms with Crippen molar-refractivity contribution in [1.29, 1.82) is 0 Å². The first kappa shape index (κ1) is 20.4. The van der Waals surface area contributed by atoms with E-state index in [1.54, 1.807) is 0 Å². The van der Waals surface area contributed by atoms with E-state index in [-0.39, 0.29) is 11.9 Å². The van der Waals surface area contributed by atoms with Gasteiger partial charge in [-0.3, -0.25) is 14.6 Å². The van der Waals surface area contributed by atoms with Crippen LogP contribution in [0.5, 0.6) is 5.75 Å². The molecule has 2 aromatic carbocycles. The molecule has 0 aliphatic carbocycles. The molecule has 1 aliphatic rings. The van der Waals surface area contributed by atoms with Crippen molar-refractivity contribution < 1.29 is 9.53 Å². The summed E-state index contributed by atoms with van der Waals surface area (Å²) in [4.78, 5) is 17.2. The molecule has 0 unspecified atom stereocenters. The first-order chi connectivity index (χ1) is 13.7. The van der Waals surface area contributed by atoms with Crippen LogP contribution in [0.25, 0.3) is 0 Å². The van der Waals surface area contributed by atoms with E-state index < -0.39 is 0 Å². The molecule has 1 amide bonds. The standard InChI is InChI=1S/C23H31N3O2/c1-3-20-9-11-21(12-10-20)24-23(27)19(2)26-15-13-25(14-16-26)17-18-28-22-7-5-4-6-8-22/h4-12,19H,3,13-18H2,1-2H3,(H,24,27)/t19-/m0/s1. The summed E-state index contributed by atoms with van der Waals surface area (Å²) >= 11 is 0. The van der Waals surface area contributed by atoms with Crippen LogP contribution in [0, 0.1) is 0 Å². The van der Waals surface area contributed by atoms with Crippen molar-refractivity contribution in [3.8, 4) is 5.75 Å². The molecule has 1 atom stereocenters. The van der Waals surface area contributed by atoms with Gasteiger partial charge in [0.05, 0.1) is 6.04 Å². The molecule has 1 heterocycles. The van der Waals surface area contributed by atoms with E-state index in [4.69, 9.17) is 4.74 Å². The first-order valence-corrected chi connectivity index (χ1v) is 10.2. The van der Waals surface area contributed by atoms with Crippen LogP contribution in [0.15, 0.2) is 54.6 Å². The molecule has 5 heteroatoms. The van der Waals surface area contributed by atoms with Gasteiger partial charge in [0.2, 0.25) is 5.91 Å². The van der Waals surface area contributed by atoms with Crippen LogP contribution >= 0.6 is 0 Å². The van der Waals surface area contributed by atoms with Crippen molar-refractivity contribution in [2.24, 2.45) is 0 Å². The van der Waals surface area contributed by atoms with Crippen molar-refractivity contribution in [2.45, 2.75) is 26.3 Å². The van der Waals surface area contributed by atoms with E-state index in [0.717, 1.165) is 50.6 Å². The van der Waals surface area contributed by atoms with Crippen LogP contribution in [-0.4, -0.2) is 61.1 Å². The average molecular weight is 382 g/mol. The van der Waals surface area contributed by atoms with Crippen LogP contribution in [0.1, 0.15) is 19.4 Å². The molecule has 0 spiro atoms. The zero-order valence-corrected chi connectivity index (χ0v) is 16.9. The monoisotopic (exact) mass is 381 g/mol. The molecular weight excluding hydrogens is 350 g/mol. The minimum absolute atomic E-state index is 0.0603. The fourth-order valence-corrected chi connectivity index (χ4v) is 3.42. The third-order valence-corrected chi connectivity index (χ3v) is 5.38. The van der Waals surface area contributed by atoms with Crippen LogP contribution < -0.4 is 10.1 Å². The number of anilines is 1. The van der Waals surface area contributed by atoms with Gasteiger partial charge in [0, 0.05) is 38.4 Å². The number of hydrogen-bond donors (Lipinski definition) is 1. The van der Waals surface area contributed by atoms with E-state index in [9.17, 15) is 4.79 Å². The highest BCUT2D eigenvalue weighted by Gasteiger charge is 2.25. The molecule has 1 N–H and O–H groups in total. The maximum atomic E-state index is 12.6. The topological polar surface area (TPSA) is 44.8 Å². The molecule has 5 nitrogen and oxygen atoms in total. The summed E-state index contributed by atoms with van der Waals surface area (Å²) < 4.78 is 5.78. The first-order valence-electron chi connectivity index (χ1n) is 10.2. The Bertz CT molecular complexity index is 725. The zero-order valence-electron chi connectivity index (χ0n) is 16.9. The number of rotatable bonds is 8. The summed E-state index contributed by atoms with van der Waals surface area (Å²) in [7, 11) is 0. The molecule has 0 aromatic heterocycles. The highest BCUT2D eigenvalue weighted by Crippen LogP contribution is 2.13. The summed E-state index contributed by atoms with van der Waals surface area (Å²) in [5.41, 5.74) is 2.14. The lowest BCUT2D eigenvalue weighted by molar-refractivity contribution is -0.121. The fourth-order valence-electron chi connectivity index (χ4n) is 3.42. The number of nitrogens with zero attached hydrogens (tertiary/aromatic N) is 2. The fraction of sp³-hybridized carbons (Fsp3) is 0.435. The van der Waals surface area contributed by atoms with Crippen LogP contribution in [0.3, 0.4) is 0 Å². The van der Waals surface area contributed by atoms with Crippen molar-refractivity contribution in [3.63, 3.8) is 0 Å². The molecule has 1 aliphatic heterocycles. The third-order valence-electron chi connectivity index (χ3n) is 5.38. The molecule has 0 radical (unpaired) electrons. The van der Waals surface area contributed by atoms with Crippen molar-refractivity contribution in [3.05, 3.63) is 60.2 Å². The molecule has 2 aromatic rings. The number of piperazine rings is 1. The van der Waals surface area contributed by atoms with Gasteiger partial charge in [-0.25, -0.2) is 0 Å². The Hall–Kier alpha value is -2.37. The van der Waals surface area contributed by atoms with Gasteiger partial charge in [-0.15, -0.1) is 0 Å². The van der Waals surface area contributed by atoms with E-state index in [1.807, 2.05) is 49.4 Å². The number of ether oxygens (including phenoxy) is 1. The highest BCUT2D eigenvalue weighted by atomic mass is 16.5. The Labute approximate surface area is 168 Å². The minimum atomic E-state index is -0.131. The summed E-state index contributed by atoms with van der Waals surface area (Å²) in [5, 5.41) is 3.04. The van der Waals surface area contributed by atoms with Gasteiger partial charge in [-0.05, 0) is 43.2 Å². The molecule has 28 heavy (non-hydrogen) atoms. The van der Waals surface area contributed by atoms with E-state index >= 15 is 0 Å². The Morgan fingerprint density at radius 3 is 2.36 bits per heavy atom. The third kappa shape index (κ3) is 5.81. The number of aryl methyl sites for hydroxylation is 1. The Kier molecular flexibility index (Phi) is 7.46. The zero-order chi connectivity index (χ0) is 19.8. The van der Waals surface area contributed by atoms with E-state index in [2.05, 4.69) is 34.2 Å². The average Bonchev–Trinajstić information content (AvgIpc) is 2.75. The molecular formula is C23H31N3O2. The lowest BCUT2D eigenvalue weighted by Gasteiger charge is -2.37. The Balaban J connectivity index is 1.38. The number of carbonyl (C=O) groups excluding carboxylic acids is 1. The van der Waals surface area contributed by atoms with Gasteiger partial charge in [0.25, 0.3) is 0 Å². The van der Waals surface area contributed by atoms with E-state index in [1.165, 1.54) is 5.56 Å². The van der Waals surface area contributed by atoms with Crippen molar-refractivity contribution in [1.82, 2.24) is 9.80 Å². The Morgan fingerprint density at radius 1 is 1.04 bits per heavy atom. The van der Waals surface area contributed by atoms with Crippen LogP contribution in [0.2, 0.25) is 0 Å². The highest BCUT2D eigenvalue weighted by molar-refractivity contribution is 5.94. The smallest absolute Gasteiger partial charge is 0.241 e. The summed E-state index contributed by atoms with van der Waals surface area (Å²) in [6.45, 7) is 9.43. The molecule has 3 rings (SSSR count).